The number of likely N-dealkylation sites (tertiary alicyclic amines) is 1. The molecule has 1 saturated heterocycles. The van der Waals surface area contributed by atoms with Crippen LogP contribution in [0.3, 0.4) is 0 Å². The summed E-state index contributed by atoms with van der Waals surface area (Å²) in [7, 11) is -3.34. The van der Waals surface area contributed by atoms with Crippen LogP contribution < -0.4 is 0 Å². The Kier molecular flexibility index (Phi) is 9.18. The van der Waals surface area contributed by atoms with E-state index in [1.807, 2.05) is 36.4 Å². The van der Waals surface area contributed by atoms with Crippen molar-refractivity contribution < 1.29 is 13.5 Å². The number of phenolic OH excluding ortho intramolecular Hbond substituents is 1. The molecule has 0 amide bonds. The quantitative estimate of drug-likeness (QED) is 0.391. The van der Waals surface area contributed by atoms with Gasteiger partial charge < -0.3 is 10.0 Å². The van der Waals surface area contributed by atoms with Crippen molar-refractivity contribution in [2.75, 3.05) is 25.9 Å². The highest BCUT2D eigenvalue weighted by molar-refractivity contribution is 7.88. The van der Waals surface area contributed by atoms with E-state index in [1.165, 1.54) is 6.26 Å². The van der Waals surface area contributed by atoms with Crippen LogP contribution in [-0.4, -0.2) is 64.6 Å². The minimum atomic E-state index is -3.34. The lowest BCUT2D eigenvalue weighted by Crippen LogP contribution is -2.46. The maximum atomic E-state index is 12.7. The second-order valence-corrected chi connectivity index (χ2v) is 12.0. The average Bonchev–Trinajstić information content (AvgIpc) is 2.89. The second-order valence-electron chi connectivity index (χ2n) is 9.67. The summed E-state index contributed by atoms with van der Waals surface area (Å²) >= 11 is 6.01. The Hall–Kier alpha value is -2.52. The molecule has 2 heterocycles. The molecule has 3 aromatic rings. The molecule has 1 fully saturated rings. The van der Waals surface area contributed by atoms with E-state index in [0.29, 0.717) is 18.0 Å². The Morgan fingerprint density at radius 2 is 1.86 bits per heavy atom. The summed E-state index contributed by atoms with van der Waals surface area (Å²) in [5, 5.41) is 9.95. The Labute approximate surface area is 225 Å². The molecule has 0 bridgehead atoms. The highest BCUT2D eigenvalue weighted by Crippen LogP contribution is 2.26. The molecule has 0 unspecified atom stereocenters. The number of halogens is 1. The van der Waals surface area contributed by atoms with Gasteiger partial charge in [0.2, 0.25) is 10.0 Å². The molecule has 0 atom stereocenters. The van der Waals surface area contributed by atoms with Gasteiger partial charge in [0.25, 0.3) is 0 Å². The zero-order valence-corrected chi connectivity index (χ0v) is 23.0. The average molecular weight is 543 g/mol. The molecular weight excluding hydrogens is 508 g/mol. The minimum Gasteiger partial charge on any atom is -0.506 e. The molecule has 1 aliphatic heterocycles. The van der Waals surface area contributed by atoms with Crippen LogP contribution in [0.2, 0.25) is 5.02 Å². The zero-order chi connectivity index (χ0) is 26.4. The minimum absolute atomic E-state index is 0.0237. The fourth-order valence-corrected chi connectivity index (χ4v) is 6.23. The molecule has 7 nitrogen and oxygen atoms in total. The van der Waals surface area contributed by atoms with E-state index < -0.39 is 10.0 Å². The third-order valence-electron chi connectivity index (χ3n) is 6.98. The largest absolute Gasteiger partial charge is 0.506 e. The van der Waals surface area contributed by atoms with Gasteiger partial charge in [0, 0.05) is 30.8 Å². The van der Waals surface area contributed by atoms with Gasteiger partial charge in [0.1, 0.15) is 11.6 Å². The van der Waals surface area contributed by atoms with Gasteiger partial charge >= 0.3 is 0 Å². The lowest BCUT2D eigenvalue weighted by atomic mass is 10.0. The molecule has 0 radical (unpaired) electrons. The van der Waals surface area contributed by atoms with E-state index in [1.54, 1.807) is 22.6 Å². The van der Waals surface area contributed by atoms with E-state index in [9.17, 15) is 13.5 Å². The third kappa shape index (κ3) is 7.51. The Morgan fingerprint density at radius 1 is 1.08 bits per heavy atom. The summed E-state index contributed by atoms with van der Waals surface area (Å²) in [5.74, 6) is 0.846. The molecule has 1 aliphatic rings. The van der Waals surface area contributed by atoms with E-state index in [4.69, 9.17) is 16.6 Å². The van der Waals surface area contributed by atoms with Crippen molar-refractivity contribution in [1.29, 1.82) is 0 Å². The maximum absolute atomic E-state index is 12.7. The molecule has 9 heteroatoms. The standard InChI is InChI=1S/C28H35ClN4O3S/c1-3-32-16-13-24(14-17-32)33(37(2,35)36)20-22-7-4-8-23(18-22)26-12-15-30-28(31-26)9-5-6-21-10-11-27(34)25(29)19-21/h4,7-8,10-12,15,18-19,24,34H,3,5-6,9,13-14,16-17,20H2,1-2H3. The number of nitrogens with zero attached hydrogens (tertiary/aromatic N) is 4. The van der Waals surface area contributed by atoms with Gasteiger partial charge in [-0.3, -0.25) is 0 Å². The van der Waals surface area contributed by atoms with Gasteiger partial charge in [-0.15, -0.1) is 0 Å². The van der Waals surface area contributed by atoms with Crippen molar-refractivity contribution in [3.05, 3.63) is 76.7 Å². The SMILES string of the molecule is CCN1CCC(N(Cc2cccc(-c3ccnc(CCCc4ccc(O)c(Cl)c4)n3)c2)S(C)(=O)=O)CC1. The zero-order valence-electron chi connectivity index (χ0n) is 21.5. The number of phenols is 1. The Morgan fingerprint density at radius 3 is 2.57 bits per heavy atom. The Bertz CT molecular complexity index is 1310. The molecule has 37 heavy (non-hydrogen) atoms. The van der Waals surface area contributed by atoms with Crippen molar-refractivity contribution in [3.8, 4) is 17.0 Å². The summed E-state index contributed by atoms with van der Waals surface area (Å²) in [4.78, 5) is 11.6. The normalized spacial score (nSPS) is 15.4. The van der Waals surface area contributed by atoms with E-state index in [0.717, 1.165) is 73.5 Å². The summed E-state index contributed by atoms with van der Waals surface area (Å²) in [5.41, 5.74) is 3.77. The molecule has 0 saturated carbocycles. The predicted molar refractivity (Wildman–Crippen MR) is 148 cm³/mol. The number of hydrogen-bond donors (Lipinski definition) is 1. The summed E-state index contributed by atoms with van der Waals surface area (Å²) in [6.07, 6.45) is 7.16. The summed E-state index contributed by atoms with van der Waals surface area (Å²) < 4.78 is 27.1. The van der Waals surface area contributed by atoms with Gasteiger partial charge in [0.15, 0.2) is 0 Å². The van der Waals surface area contributed by atoms with Crippen molar-refractivity contribution in [1.82, 2.24) is 19.2 Å². The van der Waals surface area contributed by atoms with Crippen LogP contribution in [0.15, 0.2) is 54.7 Å². The van der Waals surface area contributed by atoms with Crippen molar-refractivity contribution in [2.45, 2.75) is 51.6 Å². The maximum Gasteiger partial charge on any atom is 0.211 e. The smallest absolute Gasteiger partial charge is 0.211 e. The number of rotatable bonds is 10. The second kappa shape index (κ2) is 12.3. The van der Waals surface area contributed by atoms with Crippen LogP contribution >= 0.6 is 11.6 Å². The first kappa shape index (κ1) is 27.5. The van der Waals surface area contributed by atoms with Crippen molar-refractivity contribution in [2.24, 2.45) is 0 Å². The summed E-state index contributed by atoms with van der Waals surface area (Å²) in [6.45, 7) is 5.36. The lowest BCUT2D eigenvalue weighted by Gasteiger charge is -2.37. The van der Waals surface area contributed by atoms with Crippen LogP contribution in [0.25, 0.3) is 11.3 Å². The van der Waals surface area contributed by atoms with E-state index >= 15 is 0 Å². The monoisotopic (exact) mass is 542 g/mol. The predicted octanol–water partition coefficient (Wildman–Crippen LogP) is 4.92. The van der Waals surface area contributed by atoms with Gasteiger partial charge in [-0.25, -0.2) is 18.4 Å². The molecule has 1 aromatic heterocycles. The number of aromatic nitrogens is 2. The van der Waals surface area contributed by atoms with Crippen molar-refractivity contribution in [3.63, 3.8) is 0 Å². The first-order valence-electron chi connectivity index (χ1n) is 12.8. The Balaban J connectivity index is 1.43. The van der Waals surface area contributed by atoms with Crippen molar-refractivity contribution >= 4 is 21.6 Å². The van der Waals surface area contributed by atoms with E-state index in [2.05, 4.69) is 16.8 Å². The van der Waals surface area contributed by atoms with Gasteiger partial charge in [-0.2, -0.15) is 4.31 Å². The topological polar surface area (TPSA) is 86.6 Å². The number of aryl methyl sites for hydroxylation is 2. The highest BCUT2D eigenvalue weighted by atomic mass is 35.5. The summed E-state index contributed by atoms with van der Waals surface area (Å²) in [6, 6.07) is 15.1. The van der Waals surface area contributed by atoms with Gasteiger partial charge in [-0.05, 0) is 80.7 Å². The molecule has 4 rings (SSSR count). The van der Waals surface area contributed by atoms with E-state index in [-0.39, 0.29) is 11.8 Å². The number of benzene rings is 2. The van der Waals surface area contributed by atoms with Gasteiger partial charge in [0.05, 0.1) is 17.0 Å². The number of piperidine rings is 1. The third-order valence-corrected chi connectivity index (χ3v) is 8.56. The highest BCUT2D eigenvalue weighted by Gasteiger charge is 2.30. The molecular formula is C28H35ClN4O3S. The number of hydrogen-bond acceptors (Lipinski definition) is 6. The van der Waals surface area contributed by atoms with Crippen LogP contribution in [0.5, 0.6) is 5.75 Å². The number of aromatic hydroxyl groups is 1. The number of sulfonamides is 1. The van der Waals surface area contributed by atoms with Crippen LogP contribution in [0.4, 0.5) is 0 Å². The lowest BCUT2D eigenvalue weighted by molar-refractivity contribution is 0.162. The molecule has 0 aliphatic carbocycles. The molecule has 0 spiro atoms. The van der Waals surface area contributed by atoms with Crippen LogP contribution in [0.1, 0.15) is 43.1 Å². The molecule has 2 aromatic carbocycles. The molecule has 198 valence electrons. The molecule has 1 N–H and O–H groups in total. The van der Waals surface area contributed by atoms with Crippen LogP contribution in [0, 0.1) is 0 Å². The van der Waals surface area contributed by atoms with Crippen LogP contribution in [-0.2, 0) is 29.4 Å². The fourth-order valence-electron chi connectivity index (χ4n) is 4.89. The first-order valence-corrected chi connectivity index (χ1v) is 15.0. The first-order chi connectivity index (χ1) is 17.7. The fraction of sp³-hybridized carbons (Fsp3) is 0.429. The van der Waals surface area contributed by atoms with Gasteiger partial charge in [-0.1, -0.05) is 42.8 Å².